The predicted octanol–water partition coefficient (Wildman–Crippen LogP) is 3.38. The second kappa shape index (κ2) is 5.92. The van der Waals surface area contributed by atoms with Crippen molar-refractivity contribution in [1.29, 1.82) is 0 Å². The average molecular weight is 310 g/mol. The zero-order valence-corrected chi connectivity index (χ0v) is 12.4. The van der Waals surface area contributed by atoms with Crippen molar-refractivity contribution >= 4 is 22.6 Å². The van der Waals surface area contributed by atoms with Gasteiger partial charge in [0.2, 0.25) is 0 Å². The highest BCUT2D eigenvalue weighted by atomic mass is 16.6. The number of non-ortho nitro benzene ring substituents is 1. The number of carbonyl (C=O) groups is 1. The first-order valence-electron chi connectivity index (χ1n) is 6.99. The van der Waals surface area contributed by atoms with Crippen LogP contribution in [-0.2, 0) is 11.3 Å². The van der Waals surface area contributed by atoms with Gasteiger partial charge in [-0.15, -0.1) is 0 Å². The van der Waals surface area contributed by atoms with Crippen LogP contribution >= 0.6 is 0 Å². The number of rotatable bonds is 4. The summed E-state index contributed by atoms with van der Waals surface area (Å²) in [7, 11) is 1.35. The minimum Gasteiger partial charge on any atom is -0.465 e. The largest absolute Gasteiger partial charge is 0.465 e. The van der Waals surface area contributed by atoms with Crippen LogP contribution in [0.2, 0.25) is 0 Å². The zero-order valence-electron chi connectivity index (χ0n) is 12.4. The molecule has 0 bridgehead atoms. The van der Waals surface area contributed by atoms with Crippen molar-refractivity contribution in [3.05, 3.63) is 76.0 Å². The molecule has 6 nitrogen and oxygen atoms in total. The van der Waals surface area contributed by atoms with E-state index in [0.29, 0.717) is 12.1 Å². The number of fused-ring (bicyclic) bond motifs is 1. The van der Waals surface area contributed by atoms with Crippen LogP contribution in [0.3, 0.4) is 0 Å². The van der Waals surface area contributed by atoms with Crippen molar-refractivity contribution < 1.29 is 14.5 Å². The molecule has 6 heteroatoms. The summed E-state index contributed by atoms with van der Waals surface area (Å²) in [6.45, 7) is 0.509. The van der Waals surface area contributed by atoms with Gasteiger partial charge in [0.25, 0.3) is 5.69 Å². The van der Waals surface area contributed by atoms with Crippen molar-refractivity contribution in [2.24, 2.45) is 0 Å². The molecule has 0 unspecified atom stereocenters. The Morgan fingerprint density at radius 2 is 1.87 bits per heavy atom. The molecular weight excluding hydrogens is 296 g/mol. The Hall–Kier alpha value is -3.15. The summed E-state index contributed by atoms with van der Waals surface area (Å²) in [6.07, 6.45) is 1.75. The summed E-state index contributed by atoms with van der Waals surface area (Å²) >= 11 is 0. The topological polar surface area (TPSA) is 74.4 Å². The summed E-state index contributed by atoms with van der Waals surface area (Å²) in [6, 6.07) is 13.9. The van der Waals surface area contributed by atoms with Crippen LogP contribution in [0.4, 0.5) is 5.69 Å². The Morgan fingerprint density at radius 1 is 1.17 bits per heavy atom. The molecule has 2 aromatic carbocycles. The number of hydrogen-bond donors (Lipinski definition) is 0. The summed E-state index contributed by atoms with van der Waals surface area (Å²) in [5.41, 5.74) is 2.38. The number of nitro benzene ring substituents is 1. The third kappa shape index (κ3) is 2.78. The lowest BCUT2D eigenvalue weighted by Gasteiger charge is -2.05. The highest BCUT2D eigenvalue weighted by Crippen LogP contribution is 2.23. The highest BCUT2D eigenvalue weighted by molar-refractivity contribution is 6.04. The van der Waals surface area contributed by atoms with E-state index in [4.69, 9.17) is 4.74 Å². The number of aromatic nitrogens is 1. The zero-order chi connectivity index (χ0) is 16.4. The number of nitro groups is 1. The van der Waals surface area contributed by atoms with E-state index in [1.165, 1.54) is 19.2 Å². The first-order chi connectivity index (χ1) is 11.1. The van der Waals surface area contributed by atoms with E-state index in [0.717, 1.165) is 16.5 Å². The monoisotopic (exact) mass is 310 g/mol. The third-order valence-electron chi connectivity index (χ3n) is 3.69. The fourth-order valence-electron chi connectivity index (χ4n) is 2.57. The van der Waals surface area contributed by atoms with E-state index in [2.05, 4.69) is 0 Å². The van der Waals surface area contributed by atoms with E-state index >= 15 is 0 Å². The Balaban J connectivity index is 1.99. The molecule has 0 atom stereocenters. The molecular formula is C17H14N2O4. The van der Waals surface area contributed by atoms with Crippen molar-refractivity contribution in [1.82, 2.24) is 4.57 Å². The van der Waals surface area contributed by atoms with Crippen LogP contribution in [0.5, 0.6) is 0 Å². The number of benzene rings is 2. The number of carbonyl (C=O) groups excluding carboxylic acids is 1. The maximum absolute atomic E-state index is 11.9. The smallest absolute Gasteiger partial charge is 0.340 e. The van der Waals surface area contributed by atoms with Gasteiger partial charge in [0.05, 0.1) is 17.6 Å². The summed E-state index contributed by atoms with van der Waals surface area (Å²) in [5, 5.41) is 11.5. The Kier molecular flexibility index (Phi) is 3.80. The van der Waals surface area contributed by atoms with Crippen molar-refractivity contribution in [2.45, 2.75) is 6.54 Å². The van der Waals surface area contributed by atoms with Crippen molar-refractivity contribution in [2.75, 3.05) is 7.11 Å². The number of methoxy groups -OCH3 is 1. The molecule has 0 amide bonds. The predicted molar refractivity (Wildman–Crippen MR) is 85.5 cm³/mol. The van der Waals surface area contributed by atoms with Gasteiger partial charge in [0, 0.05) is 35.8 Å². The Morgan fingerprint density at radius 3 is 2.52 bits per heavy atom. The number of para-hydroxylation sites is 1. The van der Waals surface area contributed by atoms with Gasteiger partial charge < -0.3 is 9.30 Å². The fraction of sp³-hybridized carbons (Fsp3) is 0.118. The van der Waals surface area contributed by atoms with Gasteiger partial charge in [-0.05, 0) is 11.6 Å². The normalized spacial score (nSPS) is 10.7. The second-order valence-corrected chi connectivity index (χ2v) is 5.10. The van der Waals surface area contributed by atoms with E-state index in [1.807, 2.05) is 28.8 Å². The van der Waals surface area contributed by atoms with Crippen LogP contribution < -0.4 is 0 Å². The standard InChI is InChI=1S/C17H14N2O4/c1-23-17(20)15-11-18(16-5-3-2-4-14(15)16)10-12-6-8-13(9-7-12)19(21)22/h2-9,11H,10H2,1H3. The maximum Gasteiger partial charge on any atom is 0.340 e. The molecule has 1 aromatic heterocycles. The number of ether oxygens (including phenoxy) is 1. The van der Waals surface area contributed by atoms with E-state index in [1.54, 1.807) is 18.3 Å². The Labute approximate surface area is 132 Å². The Bertz CT molecular complexity index is 881. The van der Waals surface area contributed by atoms with Gasteiger partial charge >= 0.3 is 5.97 Å². The van der Waals surface area contributed by atoms with Crippen LogP contribution in [0, 0.1) is 10.1 Å². The first-order valence-corrected chi connectivity index (χ1v) is 6.99. The van der Waals surface area contributed by atoms with E-state index in [9.17, 15) is 14.9 Å². The molecule has 0 fully saturated rings. The molecule has 0 aliphatic heterocycles. The van der Waals surface area contributed by atoms with E-state index < -0.39 is 4.92 Å². The first kappa shape index (κ1) is 14.8. The van der Waals surface area contributed by atoms with Crippen LogP contribution in [0.1, 0.15) is 15.9 Å². The molecule has 0 aliphatic rings. The molecule has 116 valence electrons. The second-order valence-electron chi connectivity index (χ2n) is 5.10. The third-order valence-corrected chi connectivity index (χ3v) is 3.69. The van der Waals surface area contributed by atoms with Crippen LogP contribution in [-0.4, -0.2) is 22.6 Å². The molecule has 0 spiro atoms. The number of esters is 1. The van der Waals surface area contributed by atoms with Gasteiger partial charge in [-0.3, -0.25) is 10.1 Å². The average Bonchev–Trinajstić information content (AvgIpc) is 2.93. The lowest BCUT2D eigenvalue weighted by atomic mass is 10.2. The van der Waals surface area contributed by atoms with Gasteiger partial charge in [0.1, 0.15) is 0 Å². The molecule has 23 heavy (non-hydrogen) atoms. The van der Waals surface area contributed by atoms with E-state index in [-0.39, 0.29) is 11.7 Å². The maximum atomic E-state index is 11.9. The van der Waals surface area contributed by atoms with Crippen molar-refractivity contribution in [3.63, 3.8) is 0 Å². The van der Waals surface area contributed by atoms with Crippen molar-refractivity contribution in [3.8, 4) is 0 Å². The molecule has 0 saturated carbocycles. The van der Waals surface area contributed by atoms with Gasteiger partial charge in [-0.2, -0.15) is 0 Å². The number of hydrogen-bond acceptors (Lipinski definition) is 4. The molecule has 0 radical (unpaired) electrons. The van der Waals surface area contributed by atoms with Crippen LogP contribution in [0.15, 0.2) is 54.7 Å². The van der Waals surface area contributed by atoms with Crippen LogP contribution in [0.25, 0.3) is 10.9 Å². The van der Waals surface area contributed by atoms with Gasteiger partial charge in [-0.1, -0.05) is 30.3 Å². The summed E-state index contributed by atoms with van der Waals surface area (Å²) < 4.78 is 6.76. The molecule has 0 N–H and O–H groups in total. The molecule has 0 aliphatic carbocycles. The minimum atomic E-state index is -0.426. The quantitative estimate of drug-likeness (QED) is 0.420. The molecule has 0 saturated heterocycles. The fourth-order valence-corrected chi connectivity index (χ4v) is 2.57. The van der Waals surface area contributed by atoms with Gasteiger partial charge in [0.15, 0.2) is 0 Å². The SMILES string of the molecule is COC(=O)c1cn(Cc2ccc([N+](=O)[O-])cc2)c2ccccc12. The lowest BCUT2D eigenvalue weighted by molar-refractivity contribution is -0.384. The molecule has 3 aromatic rings. The molecule has 3 rings (SSSR count). The number of nitrogens with zero attached hydrogens (tertiary/aromatic N) is 2. The summed E-state index contributed by atoms with van der Waals surface area (Å²) in [4.78, 5) is 22.2. The summed E-state index contributed by atoms with van der Waals surface area (Å²) in [5.74, 6) is -0.386. The minimum absolute atomic E-state index is 0.0568. The lowest BCUT2D eigenvalue weighted by Crippen LogP contribution is -2.01. The highest BCUT2D eigenvalue weighted by Gasteiger charge is 2.15. The van der Waals surface area contributed by atoms with Gasteiger partial charge in [-0.25, -0.2) is 4.79 Å². The molecule has 1 heterocycles.